The van der Waals surface area contributed by atoms with Crippen LogP contribution in [0.15, 0.2) is 76.8 Å². The minimum Gasteiger partial charge on any atom is -0.467 e. The van der Waals surface area contributed by atoms with E-state index in [2.05, 4.69) is 46.5 Å². The zero-order chi connectivity index (χ0) is 22.5. The van der Waals surface area contributed by atoms with E-state index in [1.165, 1.54) is 17.3 Å². The molecule has 8 heteroatoms. The van der Waals surface area contributed by atoms with Crippen LogP contribution in [0.2, 0.25) is 0 Å². The minimum absolute atomic E-state index is 0.0963. The first-order valence-corrected chi connectivity index (χ1v) is 11.3. The fourth-order valence-electron chi connectivity index (χ4n) is 3.37. The summed E-state index contributed by atoms with van der Waals surface area (Å²) in [5.41, 5.74) is 3.03. The molecule has 1 N–H and O–H groups in total. The Bertz CT molecular complexity index is 1170. The molecule has 0 radical (unpaired) electrons. The fourth-order valence-corrected chi connectivity index (χ4v) is 4.25. The van der Waals surface area contributed by atoms with Gasteiger partial charge in [-0.05, 0) is 48.7 Å². The summed E-state index contributed by atoms with van der Waals surface area (Å²) < 4.78 is 7.31. The van der Waals surface area contributed by atoms with Crippen molar-refractivity contribution in [2.24, 2.45) is 0 Å². The van der Waals surface area contributed by atoms with Gasteiger partial charge >= 0.3 is 0 Å². The summed E-state index contributed by atoms with van der Waals surface area (Å²) in [6.45, 7) is 6.52. The van der Waals surface area contributed by atoms with Gasteiger partial charge in [-0.25, -0.2) is 0 Å². The summed E-state index contributed by atoms with van der Waals surface area (Å²) in [6, 6.07) is 15.7. The number of pyridine rings is 1. The van der Waals surface area contributed by atoms with Gasteiger partial charge in [0.15, 0.2) is 11.0 Å². The van der Waals surface area contributed by atoms with Crippen molar-refractivity contribution in [3.63, 3.8) is 0 Å². The molecule has 0 saturated heterocycles. The molecule has 3 aromatic heterocycles. The lowest BCUT2D eigenvalue weighted by Gasteiger charge is -2.18. The van der Waals surface area contributed by atoms with Crippen LogP contribution in [-0.4, -0.2) is 30.9 Å². The average Bonchev–Trinajstić information content (AvgIpc) is 3.48. The van der Waals surface area contributed by atoms with Crippen LogP contribution >= 0.6 is 11.8 Å². The Morgan fingerprint density at radius 1 is 1.09 bits per heavy atom. The number of benzene rings is 1. The molecule has 1 aromatic carbocycles. The Kier molecular flexibility index (Phi) is 6.70. The number of rotatable bonds is 8. The van der Waals surface area contributed by atoms with E-state index in [0.717, 1.165) is 11.3 Å². The second-order valence-electron chi connectivity index (χ2n) is 7.65. The number of amides is 1. The van der Waals surface area contributed by atoms with Crippen molar-refractivity contribution in [2.75, 3.05) is 0 Å². The van der Waals surface area contributed by atoms with Crippen molar-refractivity contribution >= 4 is 17.7 Å². The van der Waals surface area contributed by atoms with Gasteiger partial charge in [0, 0.05) is 18.0 Å². The first kappa shape index (κ1) is 21.8. The maximum atomic E-state index is 12.7. The highest BCUT2D eigenvalue weighted by Gasteiger charge is 2.23. The first-order chi connectivity index (χ1) is 15.5. The summed E-state index contributed by atoms with van der Waals surface area (Å²) in [6.07, 6.45) is 5.09. The largest absolute Gasteiger partial charge is 0.467 e. The minimum atomic E-state index is -0.374. The molecular weight excluding hydrogens is 422 g/mol. The van der Waals surface area contributed by atoms with Crippen molar-refractivity contribution in [1.29, 1.82) is 0 Å². The summed E-state index contributed by atoms with van der Waals surface area (Å²) >= 11 is 1.37. The number of nitrogens with one attached hydrogen (secondary N) is 1. The summed E-state index contributed by atoms with van der Waals surface area (Å²) in [5, 5.41) is 12.1. The molecule has 3 heterocycles. The number of thioether (sulfide) groups is 1. The molecule has 0 fully saturated rings. The second kappa shape index (κ2) is 9.82. The number of aromatic nitrogens is 4. The predicted molar refractivity (Wildman–Crippen MR) is 125 cm³/mol. The van der Waals surface area contributed by atoms with Crippen LogP contribution in [0.5, 0.6) is 0 Å². The van der Waals surface area contributed by atoms with E-state index in [9.17, 15) is 4.79 Å². The van der Waals surface area contributed by atoms with Gasteiger partial charge in [0.1, 0.15) is 5.76 Å². The zero-order valence-corrected chi connectivity index (χ0v) is 19.0. The van der Waals surface area contributed by atoms with Crippen molar-refractivity contribution in [3.8, 4) is 17.1 Å². The van der Waals surface area contributed by atoms with Crippen LogP contribution in [0.25, 0.3) is 17.1 Å². The highest BCUT2D eigenvalue weighted by Crippen LogP contribution is 2.33. The van der Waals surface area contributed by atoms with Gasteiger partial charge in [-0.3, -0.25) is 14.3 Å². The number of carbonyl (C=O) groups is 1. The van der Waals surface area contributed by atoms with Crippen LogP contribution in [0.3, 0.4) is 0 Å². The molecule has 0 aliphatic carbocycles. The van der Waals surface area contributed by atoms with Gasteiger partial charge in [-0.15, -0.1) is 10.2 Å². The van der Waals surface area contributed by atoms with E-state index in [1.54, 1.807) is 24.7 Å². The molecule has 7 nitrogen and oxygen atoms in total. The molecule has 1 amide bonds. The Morgan fingerprint density at radius 2 is 1.94 bits per heavy atom. The number of furan rings is 1. The molecule has 4 rings (SSSR count). The fraction of sp³-hybridized carbons (Fsp3) is 0.250. The highest BCUT2D eigenvalue weighted by atomic mass is 32.2. The maximum Gasteiger partial charge on any atom is 0.233 e. The van der Waals surface area contributed by atoms with E-state index < -0.39 is 0 Å². The van der Waals surface area contributed by atoms with Gasteiger partial charge < -0.3 is 9.73 Å². The van der Waals surface area contributed by atoms with E-state index in [1.807, 2.05) is 41.8 Å². The molecule has 0 bridgehead atoms. The van der Waals surface area contributed by atoms with Crippen LogP contribution in [-0.2, 0) is 11.3 Å². The molecule has 0 aliphatic rings. The van der Waals surface area contributed by atoms with Gasteiger partial charge in [0.2, 0.25) is 5.91 Å². The Labute approximate surface area is 191 Å². The SMILES string of the molecule is CC(Sc1nnc(-c2cccnc2)n1-c1ccccc1C(C)C)C(=O)NCc1ccco1. The van der Waals surface area contributed by atoms with E-state index >= 15 is 0 Å². The Hall–Kier alpha value is -3.39. The number of carbonyl (C=O) groups excluding carboxylic acids is 1. The number of para-hydroxylation sites is 1. The van der Waals surface area contributed by atoms with Gasteiger partial charge in [0.25, 0.3) is 0 Å². The molecule has 1 atom stereocenters. The van der Waals surface area contributed by atoms with Gasteiger partial charge in [-0.2, -0.15) is 0 Å². The standard InChI is InChI=1S/C24H25N5O2S/c1-16(2)20-10-4-5-11-21(20)29-22(18-8-6-12-25-14-18)27-28-24(29)32-17(3)23(30)26-15-19-9-7-13-31-19/h4-14,16-17H,15H2,1-3H3,(H,26,30). The van der Waals surface area contributed by atoms with E-state index in [-0.39, 0.29) is 11.2 Å². The van der Waals surface area contributed by atoms with Crippen LogP contribution in [0.1, 0.15) is 38.0 Å². The quantitative estimate of drug-likeness (QED) is 0.389. The molecule has 0 saturated carbocycles. The Balaban J connectivity index is 1.67. The zero-order valence-electron chi connectivity index (χ0n) is 18.2. The third-order valence-corrected chi connectivity index (χ3v) is 6.06. The number of hydrogen-bond donors (Lipinski definition) is 1. The molecule has 32 heavy (non-hydrogen) atoms. The molecular formula is C24H25N5O2S. The van der Waals surface area contributed by atoms with Crippen LogP contribution < -0.4 is 5.32 Å². The van der Waals surface area contributed by atoms with E-state index in [0.29, 0.717) is 29.2 Å². The second-order valence-corrected chi connectivity index (χ2v) is 8.96. The van der Waals surface area contributed by atoms with Gasteiger partial charge in [0.05, 0.1) is 23.7 Å². The van der Waals surface area contributed by atoms with E-state index in [4.69, 9.17) is 4.42 Å². The van der Waals surface area contributed by atoms with Crippen LogP contribution in [0.4, 0.5) is 0 Å². The lowest BCUT2D eigenvalue weighted by Crippen LogP contribution is -2.30. The van der Waals surface area contributed by atoms with Crippen molar-refractivity contribution in [1.82, 2.24) is 25.1 Å². The number of nitrogens with zero attached hydrogens (tertiary/aromatic N) is 4. The topological polar surface area (TPSA) is 85.8 Å². The lowest BCUT2D eigenvalue weighted by atomic mass is 10.0. The van der Waals surface area contributed by atoms with Crippen LogP contribution in [0, 0.1) is 0 Å². The average molecular weight is 448 g/mol. The van der Waals surface area contributed by atoms with Crippen molar-refractivity contribution in [2.45, 2.75) is 43.6 Å². The first-order valence-electron chi connectivity index (χ1n) is 10.5. The normalized spacial score (nSPS) is 12.1. The number of hydrogen-bond acceptors (Lipinski definition) is 6. The summed E-state index contributed by atoms with van der Waals surface area (Å²) in [5.74, 6) is 1.61. The van der Waals surface area contributed by atoms with Gasteiger partial charge in [-0.1, -0.05) is 43.8 Å². The highest BCUT2D eigenvalue weighted by molar-refractivity contribution is 8.00. The summed E-state index contributed by atoms with van der Waals surface area (Å²) in [4.78, 5) is 16.9. The maximum absolute atomic E-state index is 12.7. The third kappa shape index (κ3) is 4.75. The smallest absolute Gasteiger partial charge is 0.233 e. The molecule has 0 aliphatic heterocycles. The third-order valence-electron chi connectivity index (χ3n) is 5.02. The predicted octanol–water partition coefficient (Wildman–Crippen LogP) is 4.84. The Morgan fingerprint density at radius 3 is 2.66 bits per heavy atom. The molecule has 164 valence electrons. The summed E-state index contributed by atoms with van der Waals surface area (Å²) in [7, 11) is 0. The molecule has 0 spiro atoms. The van der Waals surface area contributed by atoms with Crippen molar-refractivity contribution in [3.05, 3.63) is 78.5 Å². The lowest BCUT2D eigenvalue weighted by molar-refractivity contribution is -0.120. The molecule has 4 aromatic rings. The molecule has 1 unspecified atom stereocenters. The van der Waals surface area contributed by atoms with Crippen molar-refractivity contribution < 1.29 is 9.21 Å². The monoisotopic (exact) mass is 447 g/mol.